The molecule has 0 fully saturated rings. The number of nitrogens with zero attached hydrogens (tertiary/aromatic N) is 4. The van der Waals surface area contributed by atoms with Gasteiger partial charge >= 0.3 is 0 Å². The quantitative estimate of drug-likeness (QED) is 0.365. The summed E-state index contributed by atoms with van der Waals surface area (Å²) in [5.41, 5.74) is 2.38. The Bertz CT molecular complexity index is 1530. The van der Waals surface area contributed by atoms with E-state index < -0.39 is 17.7 Å². The fraction of sp³-hybridized carbons (Fsp3) is 0.138. The third-order valence-electron chi connectivity index (χ3n) is 6.07. The van der Waals surface area contributed by atoms with E-state index in [2.05, 4.69) is 10.1 Å². The standard InChI is InChI=1S/C29H24N4O5/c1-18-14-26(34)33(31-18)28(35)21-16-24(37-2)25(38-3)17-23(21)32-27(20-12-8-5-9-13-20)30-22(29(32)36)15-19-10-6-4-7-11-19/h4-13,15-17H,14H2,1-3H3/b22-15-. The first-order valence-electron chi connectivity index (χ1n) is 11.8. The second-order valence-electron chi connectivity index (χ2n) is 8.63. The zero-order chi connectivity index (χ0) is 26.8. The molecule has 2 aliphatic heterocycles. The van der Waals surface area contributed by atoms with Crippen LogP contribution in [0.4, 0.5) is 5.69 Å². The number of amidine groups is 1. The Morgan fingerprint density at radius 3 is 2.16 bits per heavy atom. The molecule has 3 amide bonds. The molecule has 3 aromatic carbocycles. The van der Waals surface area contributed by atoms with Gasteiger partial charge in [0.1, 0.15) is 11.5 Å². The molecular weight excluding hydrogens is 484 g/mol. The van der Waals surface area contributed by atoms with Crippen LogP contribution in [0.15, 0.2) is 88.6 Å². The van der Waals surface area contributed by atoms with Gasteiger partial charge in [-0.2, -0.15) is 10.1 Å². The Morgan fingerprint density at radius 2 is 1.55 bits per heavy atom. The normalized spacial score (nSPS) is 16.1. The van der Waals surface area contributed by atoms with Gasteiger partial charge in [0.05, 0.1) is 31.9 Å². The summed E-state index contributed by atoms with van der Waals surface area (Å²) in [4.78, 5) is 46.2. The molecule has 2 heterocycles. The molecule has 38 heavy (non-hydrogen) atoms. The van der Waals surface area contributed by atoms with Crippen LogP contribution in [0.3, 0.4) is 0 Å². The summed E-state index contributed by atoms with van der Waals surface area (Å²) in [5.74, 6) is -0.706. The van der Waals surface area contributed by atoms with Crippen LogP contribution in [0.5, 0.6) is 11.5 Å². The number of aliphatic imine (C=N–C) groups is 1. The van der Waals surface area contributed by atoms with E-state index in [0.29, 0.717) is 22.9 Å². The van der Waals surface area contributed by atoms with Crippen LogP contribution in [0, 0.1) is 0 Å². The van der Waals surface area contributed by atoms with Crippen molar-refractivity contribution in [2.24, 2.45) is 10.1 Å². The van der Waals surface area contributed by atoms with E-state index in [0.717, 1.165) is 10.6 Å². The molecule has 0 radical (unpaired) electrons. The lowest BCUT2D eigenvalue weighted by Gasteiger charge is -2.24. The van der Waals surface area contributed by atoms with Gasteiger partial charge in [0.25, 0.3) is 17.7 Å². The molecule has 190 valence electrons. The van der Waals surface area contributed by atoms with Gasteiger partial charge < -0.3 is 9.47 Å². The predicted molar refractivity (Wildman–Crippen MR) is 143 cm³/mol. The Morgan fingerprint density at radius 1 is 0.921 bits per heavy atom. The first-order valence-corrected chi connectivity index (χ1v) is 11.8. The first kappa shape index (κ1) is 24.6. The van der Waals surface area contributed by atoms with Crippen molar-refractivity contribution in [1.29, 1.82) is 0 Å². The number of hydrogen-bond acceptors (Lipinski definition) is 7. The molecule has 0 aliphatic carbocycles. The Kier molecular flexibility index (Phi) is 6.57. The van der Waals surface area contributed by atoms with Gasteiger partial charge in [-0.15, -0.1) is 0 Å². The van der Waals surface area contributed by atoms with Crippen LogP contribution in [-0.4, -0.2) is 48.5 Å². The van der Waals surface area contributed by atoms with E-state index in [-0.39, 0.29) is 29.1 Å². The van der Waals surface area contributed by atoms with Crippen LogP contribution >= 0.6 is 0 Å². The fourth-order valence-corrected chi connectivity index (χ4v) is 4.28. The van der Waals surface area contributed by atoms with Crippen molar-refractivity contribution in [2.75, 3.05) is 19.1 Å². The highest BCUT2D eigenvalue weighted by Gasteiger charge is 2.38. The monoisotopic (exact) mass is 508 g/mol. The average molecular weight is 509 g/mol. The average Bonchev–Trinajstić information content (AvgIpc) is 3.45. The molecule has 0 bridgehead atoms. The smallest absolute Gasteiger partial charge is 0.283 e. The molecule has 3 aromatic rings. The second kappa shape index (κ2) is 10.1. The molecule has 0 atom stereocenters. The number of carbonyl (C=O) groups is 3. The van der Waals surface area contributed by atoms with E-state index in [1.165, 1.54) is 31.3 Å². The van der Waals surface area contributed by atoms with Crippen LogP contribution in [0.2, 0.25) is 0 Å². The third kappa shape index (κ3) is 4.45. The van der Waals surface area contributed by atoms with Crippen molar-refractivity contribution < 1.29 is 23.9 Å². The molecular formula is C29H24N4O5. The summed E-state index contributed by atoms with van der Waals surface area (Å²) in [6.45, 7) is 1.67. The van der Waals surface area contributed by atoms with Gasteiger partial charge in [-0.3, -0.25) is 19.3 Å². The molecule has 9 heteroatoms. The Balaban J connectivity index is 1.71. The maximum absolute atomic E-state index is 13.9. The molecule has 0 aromatic heterocycles. The van der Waals surface area contributed by atoms with E-state index >= 15 is 0 Å². The predicted octanol–water partition coefficient (Wildman–Crippen LogP) is 4.29. The lowest BCUT2D eigenvalue weighted by Crippen LogP contribution is -2.36. The number of imide groups is 1. The third-order valence-corrected chi connectivity index (χ3v) is 6.07. The molecule has 0 spiro atoms. The second-order valence-corrected chi connectivity index (χ2v) is 8.63. The molecule has 0 N–H and O–H groups in total. The maximum Gasteiger partial charge on any atom is 0.283 e. The molecule has 9 nitrogen and oxygen atoms in total. The fourth-order valence-electron chi connectivity index (χ4n) is 4.28. The summed E-state index contributed by atoms with van der Waals surface area (Å²) in [7, 11) is 2.90. The molecule has 0 saturated carbocycles. The highest BCUT2D eigenvalue weighted by atomic mass is 16.5. The van der Waals surface area contributed by atoms with Gasteiger partial charge in [0, 0.05) is 17.3 Å². The summed E-state index contributed by atoms with van der Waals surface area (Å²) in [5, 5.41) is 4.93. The summed E-state index contributed by atoms with van der Waals surface area (Å²) in [6.07, 6.45) is 1.73. The Hall–Kier alpha value is -5.05. The maximum atomic E-state index is 13.9. The molecule has 0 unspecified atom stereocenters. The number of ether oxygens (including phenoxy) is 2. The minimum atomic E-state index is -0.691. The number of hydrogen-bond donors (Lipinski definition) is 0. The molecule has 2 aliphatic rings. The minimum absolute atomic E-state index is 0.0346. The number of hydrazone groups is 1. The summed E-state index contributed by atoms with van der Waals surface area (Å²) >= 11 is 0. The number of methoxy groups -OCH3 is 2. The van der Waals surface area contributed by atoms with Gasteiger partial charge in [-0.1, -0.05) is 60.7 Å². The van der Waals surface area contributed by atoms with Gasteiger partial charge in [0.15, 0.2) is 11.5 Å². The zero-order valence-corrected chi connectivity index (χ0v) is 21.0. The highest BCUT2D eigenvalue weighted by molar-refractivity contribution is 6.34. The first-order chi connectivity index (χ1) is 18.4. The van der Waals surface area contributed by atoms with E-state index in [1.807, 2.05) is 60.7 Å². The van der Waals surface area contributed by atoms with Gasteiger partial charge in [-0.25, -0.2) is 4.99 Å². The largest absolute Gasteiger partial charge is 0.493 e. The number of carbonyl (C=O) groups excluding carboxylic acids is 3. The van der Waals surface area contributed by atoms with Crippen LogP contribution in [0.1, 0.15) is 34.8 Å². The zero-order valence-electron chi connectivity index (χ0n) is 21.0. The van der Waals surface area contributed by atoms with Crippen molar-refractivity contribution in [3.63, 3.8) is 0 Å². The highest BCUT2D eigenvalue weighted by Crippen LogP contribution is 2.39. The van der Waals surface area contributed by atoms with Crippen LogP contribution < -0.4 is 14.4 Å². The van der Waals surface area contributed by atoms with Gasteiger partial charge in [-0.05, 0) is 24.6 Å². The summed E-state index contributed by atoms with van der Waals surface area (Å²) in [6, 6.07) is 21.5. The number of rotatable bonds is 6. The number of anilines is 1. The van der Waals surface area contributed by atoms with Gasteiger partial charge in [0.2, 0.25) is 0 Å². The Labute approximate surface area is 219 Å². The SMILES string of the molecule is COc1cc(C(=O)N2N=C(C)CC2=O)c(N2C(=O)/C(=C/c3ccccc3)N=C2c2ccccc2)cc1OC. The topological polar surface area (TPSA) is 101 Å². The van der Waals surface area contributed by atoms with Crippen molar-refractivity contribution in [1.82, 2.24) is 5.01 Å². The van der Waals surface area contributed by atoms with E-state index in [1.54, 1.807) is 13.0 Å². The number of benzene rings is 3. The van der Waals surface area contributed by atoms with Crippen molar-refractivity contribution in [3.05, 3.63) is 95.2 Å². The molecule has 0 saturated heterocycles. The van der Waals surface area contributed by atoms with E-state index in [4.69, 9.17) is 9.47 Å². The number of amides is 3. The van der Waals surface area contributed by atoms with Crippen molar-refractivity contribution >= 4 is 41.0 Å². The van der Waals surface area contributed by atoms with Crippen molar-refractivity contribution in [3.8, 4) is 11.5 Å². The lowest BCUT2D eigenvalue weighted by atomic mass is 10.1. The van der Waals surface area contributed by atoms with Crippen LogP contribution in [-0.2, 0) is 9.59 Å². The van der Waals surface area contributed by atoms with Crippen molar-refractivity contribution in [2.45, 2.75) is 13.3 Å². The lowest BCUT2D eigenvalue weighted by molar-refractivity contribution is -0.126. The van der Waals surface area contributed by atoms with Crippen LogP contribution in [0.25, 0.3) is 6.08 Å². The minimum Gasteiger partial charge on any atom is -0.493 e. The summed E-state index contributed by atoms with van der Waals surface area (Å²) < 4.78 is 10.9. The molecule has 5 rings (SSSR count). The van der Waals surface area contributed by atoms with E-state index in [9.17, 15) is 14.4 Å².